The van der Waals surface area contributed by atoms with Crippen molar-refractivity contribution in [1.29, 1.82) is 0 Å². The van der Waals surface area contributed by atoms with E-state index in [1.807, 2.05) is 0 Å². The lowest BCUT2D eigenvalue weighted by Gasteiger charge is -2.43. The third-order valence-corrected chi connectivity index (χ3v) is 15.6. The van der Waals surface area contributed by atoms with Gasteiger partial charge in [0.1, 0.15) is 23.9 Å². The molecule has 6 aliphatic rings. The number of benzene rings is 7. The Balaban J connectivity index is 1.24. The number of fused-ring (bicyclic) bond motifs is 8. The van der Waals surface area contributed by atoms with E-state index in [2.05, 4.69) is 0 Å². The fraction of sp³-hybridized carbons (Fsp3) is 0.161. The number of cyclic esters (lactones) is 1. The third-order valence-electron chi connectivity index (χ3n) is 15.6. The molecule has 0 radical (unpaired) electrons. The minimum Gasteiger partial charge on any atom is -0.507 e. The van der Waals surface area contributed by atoms with Gasteiger partial charge in [0, 0.05) is 68.1 Å². The molecule has 32 nitrogen and oxygen atoms in total. The van der Waals surface area contributed by atoms with Gasteiger partial charge in [-0.3, -0.25) is 0 Å². The highest BCUT2D eigenvalue weighted by atomic mass is 16.6. The van der Waals surface area contributed by atoms with Gasteiger partial charge in [-0.1, -0.05) is 0 Å². The van der Waals surface area contributed by atoms with Crippen LogP contribution in [0, 0.1) is 0 Å². The van der Waals surface area contributed by atoms with Crippen LogP contribution < -0.4 is 4.74 Å². The highest BCUT2D eigenvalue weighted by molar-refractivity contribution is 6.17. The molecule has 7 atom stereocenters. The summed E-state index contributed by atoms with van der Waals surface area (Å²) in [6, 6.07) is 3.05. The number of aromatic hydroxyl groups is 20. The lowest BCUT2D eigenvalue weighted by atomic mass is 9.73. The van der Waals surface area contributed by atoms with Crippen molar-refractivity contribution in [2.75, 3.05) is 6.61 Å². The third kappa shape index (κ3) is 7.70. The molecule has 0 aromatic heterocycles. The zero-order valence-corrected chi connectivity index (χ0v) is 43.3. The van der Waals surface area contributed by atoms with Gasteiger partial charge in [-0.25, -0.2) is 24.0 Å². The van der Waals surface area contributed by atoms with E-state index in [1.54, 1.807) is 0 Å². The van der Waals surface area contributed by atoms with Gasteiger partial charge in [0.25, 0.3) is 0 Å². The van der Waals surface area contributed by atoms with Gasteiger partial charge in [0.2, 0.25) is 28.7 Å². The number of phenolic OH excluding ortho intramolecular Hbond substituents is 20. The van der Waals surface area contributed by atoms with Crippen LogP contribution in [0.4, 0.5) is 0 Å². The highest BCUT2D eigenvalue weighted by Gasteiger charge is 2.58. The minimum absolute atomic E-state index is 0.276. The van der Waals surface area contributed by atoms with Crippen LogP contribution in [-0.2, 0) is 30.1 Å². The topological polar surface area (TPSA) is 566 Å². The Bertz CT molecular complexity index is 4390. The number of hydrogen-bond donors (Lipinski definition) is 21. The van der Waals surface area contributed by atoms with Crippen molar-refractivity contribution in [1.82, 2.24) is 0 Å². The molecular weight excluding hydrogens is 1180 g/mol. The quantitative estimate of drug-likeness (QED) is 0.0672. The number of phenols is 20. The molecule has 6 heterocycles. The predicted octanol–water partition coefficient (Wildman–Crippen LogP) is 2.98. The summed E-state index contributed by atoms with van der Waals surface area (Å²) < 4.78 is 35.7. The Labute approximate surface area is 484 Å². The maximum Gasteiger partial charge on any atom is 0.340 e. The maximum atomic E-state index is 15.9. The molecule has 32 heteroatoms. The Hall–Kier alpha value is -12.4. The predicted molar refractivity (Wildman–Crippen MR) is 277 cm³/mol. The number of carbonyl (C=O) groups is 5. The Kier molecular flexibility index (Phi) is 12.2. The van der Waals surface area contributed by atoms with Gasteiger partial charge in [-0.2, -0.15) is 0 Å². The molecule has 0 saturated heterocycles. The summed E-state index contributed by atoms with van der Waals surface area (Å²) in [5.41, 5.74) is -18.0. The number of ether oxygens (including phenoxy) is 6. The number of aliphatic hydroxyl groups excluding tert-OH is 1. The van der Waals surface area contributed by atoms with E-state index in [0.717, 1.165) is 12.1 Å². The fourth-order valence-corrected chi connectivity index (χ4v) is 11.6. The van der Waals surface area contributed by atoms with Crippen molar-refractivity contribution in [3.05, 3.63) is 86.5 Å². The van der Waals surface area contributed by atoms with Crippen LogP contribution in [0.25, 0.3) is 33.4 Å². The van der Waals surface area contributed by atoms with Crippen molar-refractivity contribution in [2.45, 2.75) is 49.0 Å². The summed E-state index contributed by atoms with van der Waals surface area (Å²) in [7, 11) is 0. The van der Waals surface area contributed by atoms with E-state index in [1.165, 1.54) is 0 Å². The van der Waals surface area contributed by atoms with Crippen LogP contribution in [0.2, 0.25) is 0 Å². The Morgan fingerprint density at radius 3 is 1.30 bits per heavy atom. The van der Waals surface area contributed by atoms with E-state index in [0.29, 0.717) is 12.1 Å². The molecule has 0 fully saturated rings. The number of rotatable bonds is 2. The first-order valence-corrected chi connectivity index (χ1v) is 25.1. The lowest BCUT2D eigenvalue weighted by Crippen LogP contribution is -2.56. The van der Waals surface area contributed by atoms with Gasteiger partial charge in [-0.05, 0) is 30.3 Å². The SMILES string of the molecule is O=C1OC[C@H]2OC(=O)c3cc(O)c(O)c(O)c3-c3c(O)c(O)c(O)c4c3C(=O)OC([C@@H]3OC(=O)c5c-4c(O)c(O)c(O)c5[C@@H]3c3c(O)cc(O)c4c3O[C@H](c3cc(O)c(O)c(O)c3)[C@@H](O)C4)[C@@H]2OC(=O)c2cc(O)c(O)c(O)c2-c2c1cc(O)c(O)c2O. The van der Waals surface area contributed by atoms with E-state index >= 15 is 19.2 Å². The number of carbonyl (C=O) groups excluding carboxylic acids is 5. The van der Waals surface area contributed by atoms with E-state index in [4.69, 9.17) is 28.4 Å². The molecule has 7 aromatic rings. The molecule has 0 aliphatic carbocycles. The first kappa shape index (κ1) is 56.1. The second kappa shape index (κ2) is 19.1. The van der Waals surface area contributed by atoms with Crippen molar-refractivity contribution < 1.29 is 160 Å². The summed E-state index contributed by atoms with van der Waals surface area (Å²) in [5.74, 6) is -42.8. The monoisotopic (exact) mass is 1220 g/mol. The molecular formula is C56H38O32. The van der Waals surface area contributed by atoms with Gasteiger partial charge < -0.3 is 136 Å². The molecule has 13 rings (SSSR count). The molecule has 6 bridgehead atoms. The van der Waals surface area contributed by atoms with Gasteiger partial charge >= 0.3 is 29.8 Å². The minimum atomic E-state index is -3.05. The van der Waals surface area contributed by atoms with Crippen molar-refractivity contribution in [3.63, 3.8) is 0 Å². The van der Waals surface area contributed by atoms with Crippen molar-refractivity contribution in [3.8, 4) is 154 Å². The van der Waals surface area contributed by atoms with Crippen molar-refractivity contribution >= 4 is 29.8 Å². The van der Waals surface area contributed by atoms with Crippen LogP contribution in [0.5, 0.6) is 121 Å². The Morgan fingerprint density at radius 1 is 0.330 bits per heavy atom. The summed E-state index contributed by atoms with van der Waals surface area (Å²) in [6.07, 6.45) is -16.2. The summed E-state index contributed by atoms with van der Waals surface area (Å²) >= 11 is 0. The molecule has 88 heavy (non-hydrogen) atoms. The van der Waals surface area contributed by atoms with Crippen LogP contribution in [-0.4, -0.2) is 174 Å². The molecule has 0 amide bonds. The second-order valence-electron chi connectivity index (χ2n) is 20.4. The molecule has 1 unspecified atom stereocenters. The largest absolute Gasteiger partial charge is 0.507 e. The van der Waals surface area contributed by atoms with E-state index < -0.39 is 284 Å². The normalized spacial score (nSPS) is 20.8. The van der Waals surface area contributed by atoms with Crippen LogP contribution in [0.1, 0.15) is 86.1 Å². The number of esters is 5. The molecule has 0 saturated carbocycles. The molecule has 7 aromatic carbocycles. The van der Waals surface area contributed by atoms with E-state index in [-0.39, 0.29) is 17.7 Å². The molecule has 454 valence electrons. The van der Waals surface area contributed by atoms with Crippen LogP contribution in [0.3, 0.4) is 0 Å². The highest BCUT2D eigenvalue weighted by Crippen LogP contribution is 2.65. The number of aliphatic hydroxyl groups is 1. The van der Waals surface area contributed by atoms with Gasteiger partial charge in [-0.15, -0.1) is 0 Å². The standard InChI is InChI=1S/C56H38O32/c57-14-7-15(58)26(48-10(14)3-21(64)47(85-48)9-1-16(59)34(65)17(60)2-9)31-30-33-29(43(74)46(77)44(30)75)28-32-27(41(72)45(76)42(28)73)25-13(6-20(63)37(68)40(25)71)53(79)84-22-8-83-52(78)11-4-18(61)35(66)38(69)23(11)24-12(5-19(62)36(67)39(24)70)54(80)86-49(22)51(88-56(32)82)50(31)87-55(33)81/h1-2,4-7,21-22,31,47,49-51,57-77H,3,8H2/t21-,22+,31-,47+,49+,50+,51?/m0/s1. The first-order chi connectivity index (χ1) is 41.5. The maximum absolute atomic E-state index is 15.9. The fourth-order valence-electron chi connectivity index (χ4n) is 11.6. The Morgan fingerprint density at radius 2 is 0.750 bits per heavy atom. The van der Waals surface area contributed by atoms with Crippen LogP contribution in [0.15, 0.2) is 36.4 Å². The second-order valence-corrected chi connectivity index (χ2v) is 20.4. The summed E-state index contributed by atoms with van der Waals surface area (Å²) in [5, 5.41) is 238. The molecule has 6 aliphatic heterocycles. The van der Waals surface area contributed by atoms with Gasteiger partial charge in [0.15, 0.2) is 105 Å². The average Bonchev–Trinajstić information content (AvgIpc) is 0.868. The molecule has 21 N–H and O–H groups in total. The zero-order valence-electron chi connectivity index (χ0n) is 43.3. The van der Waals surface area contributed by atoms with E-state index in [9.17, 15) is 112 Å². The van der Waals surface area contributed by atoms with Gasteiger partial charge in [0.05, 0.1) is 39.8 Å². The van der Waals surface area contributed by atoms with Crippen LogP contribution >= 0.6 is 0 Å². The smallest absolute Gasteiger partial charge is 0.340 e. The average molecular weight is 1220 g/mol. The molecule has 0 spiro atoms. The zero-order chi connectivity index (χ0) is 63.6. The summed E-state index contributed by atoms with van der Waals surface area (Å²) in [6.45, 7) is -1.66. The number of hydrogen-bond acceptors (Lipinski definition) is 32. The van der Waals surface area contributed by atoms with Crippen molar-refractivity contribution in [2.24, 2.45) is 0 Å². The first-order valence-electron chi connectivity index (χ1n) is 25.1. The summed E-state index contributed by atoms with van der Waals surface area (Å²) in [4.78, 5) is 76.2. The lowest BCUT2D eigenvalue weighted by molar-refractivity contribution is -0.135.